The molecule has 9 nitrogen and oxygen atoms in total. The van der Waals surface area contributed by atoms with Crippen molar-refractivity contribution >= 4 is 29.9 Å². The molecule has 1 aromatic heterocycles. The molecular weight excluding hydrogens is 390 g/mol. The van der Waals surface area contributed by atoms with Crippen molar-refractivity contribution in [3.05, 3.63) is 100 Å². The quantitative estimate of drug-likeness (QED) is 0.160. The lowest BCUT2D eigenvalue weighted by molar-refractivity contribution is -0.385. The number of hydrogen-bond acceptors (Lipinski definition) is 7. The van der Waals surface area contributed by atoms with Crippen LogP contribution in [0.15, 0.2) is 82.5 Å². The Labute approximate surface area is 170 Å². The van der Waals surface area contributed by atoms with Crippen LogP contribution in [0.25, 0.3) is 6.08 Å². The van der Waals surface area contributed by atoms with Crippen LogP contribution in [-0.2, 0) is 4.79 Å². The molecule has 3 aromatic rings. The Balaban J connectivity index is 1.55. The zero-order valence-corrected chi connectivity index (χ0v) is 15.4. The van der Waals surface area contributed by atoms with Gasteiger partial charge in [0, 0.05) is 12.1 Å². The number of hydrogen-bond donors (Lipinski definition) is 1. The van der Waals surface area contributed by atoms with Gasteiger partial charge in [-0.1, -0.05) is 12.1 Å². The van der Waals surface area contributed by atoms with Crippen LogP contribution >= 0.6 is 0 Å². The fourth-order valence-corrected chi connectivity index (χ4v) is 2.36. The normalized spacial score (nSPS) is 10.9. The first-order chi connectivity index (χ1) is 14.5. The second-order valence-electron chi connectivity index (χ2n) is 5.81. The zero-order chi connectivity index (χ0) is 21.3. The van der Waals surface area contributed by atoms with Crippen molar-refractivity contribution in [3.63, 3.8) is 0 Å². The summed E-state index contributed by atoms with van der Waals surface area (Å²) >= 11 is 0. The third-order valence-corrected chi connectivity index (χ3v) is 3.75. The molecule has 0 aliphatic carbocycles. The van der Waals surface area contributed by atoms with Crippen LogP contribution in [-0.4, -0.2) is 23.0 Å². The SMILES string of the molecule is O=C(C=Cc1ccco1)Oc1ccc(C=NNC(=O)c2ccccc2[N+](=O)[O-])cc1. The molecule has 0 aliphatic heterocycles. The van der Waals surface area contributed by atoms with Crippen LogP contribution < -0.4 is 10.2 Å². The Bertz CT molecular complexity index is 1100. The standard InChI is InChI=1S/C21H15N3O6/c25-20(12-11-16-4-3-13-29-16)30-17-9-7-15(8-10-17)14-22-23-21(26)18-5-1-2-6-19(18)24(27)28/h1-14H,(H,23,26). The summed E-state index contributed by atoms with van der Waals surface area (Å²) in [5, 5.41) is 14.8. The van der Waals surface area contributed by atoms with Crippen molar-refractivity contribution in [2.75, 3.05) is 0 Å². The Morgan fingerprint density at radius 3 is 2.53 bits per heavy atom. The van der Waals surface area contributed by atoms with Crippen molar-refractivity contribution in [1.29, 1.82) is 0 Å². The molecule has 150 valence electrons. The van der Waals surface area contributed by atoms with Gasteiger partial charge < -0.3 is 9.15 Å². The number of benzene rings is 2. The topological polar surface area (TPSA) is 124 Å². The summed E-state index contributed by atoms with van der Waals surface area (Å²) in [6.45, 7) is 0. The summed E-state index contributed by atoms with van der Waals surface area (Å²) in [4.78, 5) is 34.2. The average Bonchev–Trinajstić information content (AvgIpc) is 3.27. The summed E-state index contributed by atoms with van der Waals surface area (Å²) in [6, 6.07) is 15.3. The molecule has 0 unspecified atom stereocenters. The number of nitro benzene ring substituents is 1. The number of nitrogens with one attached hydrogen (secondary N) is 1. The van der Waals surface area contributed by atoms with Gasteiger partial charge in [0.2, 0.25) is 0 Å². The van der Waals surface area contributed by atoms with Crippen molar-refractivity contribution in [2.24, 2.45) is 5.10 Å². The van der Waals surface area contributed by atoms with Gasteiger partial charge in [0.1, 0.15) is 17.1 Å². The smallest absolute Gasteiger partial charge is 0.336 e. The van der Waals surface area contributed by atoms with Crippen molar-refractivity contribution in [2.45, 2.75) is 0 Å². The Hall–Kier alpha value is -4.53. The van der Waals surface area contributed by atoms with Gasteiger partial charge in [-0.2, -0.15) is 5.10 Å². The van der Waals surface area contributed by atoms with Crippen LogP contribution in [0.2, 0.25) is 0 Å². The largest absolute Gasteiger partial charge is 0.465 e. The van der Waals surface area contributed by atoms with Crippen molar-refractivity contribution in [1.82, 2.24) is 5.43 Å². The molecule has 0 spiro atoms. The molecule has 0 atom stereocenters. The van der Waals surface area contributed by atoms with Crippen LogP contribution in [0, 0.1) is 10.1 Å². The molecule has 30 heavy (non-hydrogen) atoms. The molecular formula is C21H15N3O6. The third-order valence-electron chi connectivity index (χ3n) is 3.75. The van der Waals surface area contributed by atoms with Gasteiger partial charge in [-0.25, -0.2) is 10.2 Å². The van der Waals surface area contributed by atoms with Crippen LogP contribution in [0.4, 0.5) is 5.69 Å². The molecule has 1 N–H and O–H groups in total. The average molecular weight is 405 g/mol. The number of para-hydroxylation sites is 1. The second-order valence-corrected chi connectivity index (χ2v) is 5.81. The van der Waals surface area contributed by atoms with E-state index < -0.39 is 16.8 Å². The number of nitrogens with zero attached hydrogens (tertiary/aromatic N) is 2. The van der Waals surface area contributed by atoms with E-state index >= 15 is 0 Å². The molecule has 1 amide bonds. The van der Waals surface area contributed by atoms with E-state index in [1.165, 1.54) is 48.9 Å². The fourth-order valence-electron chi connectivity index (χ4n) is 2.36. The van der Waals surface area contributed by atoms with Gasteiger partial charge >= 0.3 is 5.97 Å². The molecule has 1 heterocycles. The fraction of sp³-hybridized carbons (Fsp3) is 0. The van der Waals surface area contributed by atoms with Gasteiger partial charge in [-0.15, -0.1) is 0 Å². The van der Waals surface area contributed by atoms with Gasteiger partial charge in [-0.05, 0) is 54.1 Å². The zero-order valence-electron chi connectivity index (χ0n) is 15.4. The van der Waals surface area contributed by atoms with Crippen LogP contribution in [0.1, 0.15) is 21.7 Å². The number of amides is 1. The van der Waals surface area contributed by atoms with Crippen LogP contribution in [0.5, 0.6) is 5.75 Å². The minimum absolute atomic E-state index is 0.0930. The van der Waals surface area contributed by atoms with Crippen LogP contribution in [0.3, 0.4) is 0 Å². The lowest BCUT2D eigenvalue weighted by atomic mass is 10.2. The molecule has 0 bridgehead atoms. The first kappa shape index (κ1) is 20.2. The molecule has 3 rings (SSSR count). The molecule has 2 aromatic carbocycles. The highest BCUT2D eigenvalue weighted by Gasteiger charge is 2.18. The maximum atomic E-state index is 12.1. The minimum atomic E-state index is -0.701. The third kappa shape index (κ3) is 5.49. The predicted molar refractivity (Wildman–Crippen MR) is 108 cm³/mol. The van der Waals surface area contributed by atoms with E-state index in [0.29, 0.717) is 17.1 Å². The number of esters is 1. The highest BCUT2D eigenvalue weighted by molar-refractivity contribution is 5.98. The Morgan fingerprint density at radius 2 is 1.83 bits per heavy atom. The second kappa shape index (κ2) is 9.60. The van der Waals surface area contributed by atoms with E-state index in [9.17, 15) is 19.7 Å². The summed E-state index contributed by atoms with van der Waals surface area (Å²) in [7, 11) is 0. The van der Waals surface area contributed by atoms with E-state index in [0.717, 1.165) is 0 Å². The van der Waals surface area contributed by atoms with Gasteiger partial charge in [-0.3, -0.25) is 14.9 Å². The minimum Gasteiger partial charge on any atom is -0.465 e. The molecule has 0 aliphatic rings. The molecule has 0 fully saturated rings. The van der Waals surface area contributed by atoms with Gasteiger partial charge in [0.05, 0.1) is 17.4 Å². The predicted octanol–water partition coefficient (Wildman–Crippen LogP) is 3.57. The first-order valence-electron chi connectivity index (χ1n) is 8.63. The maximum Gasteiger partial charge on any atom is 0.336 e. The monoisotopic (exact) mass is 405 g/mol. The number of carbonyl (C=O) groups excluding carboxylic acids is 2. The number of nitro groups is 1. The molecule has 0 saturated heterocycles. The van der Waals surface area contributed by atoms with E-state index in [-0.39, 0.29) is 11.3 Å². The lowest BCUT2D eigenvalue weighted by Crippen LogP contribution is -2.18. The van der Waals surface area contributed by atoms with Crippen molar-refractivity contribution in [3.8, 4) is 5.75 Å². The number of carbonyl (C=O) groups is 2. The Kier molecular flexibility index (Phi) is 6.47. The Morgan fingerprint density at radius 1 is 1.07 bits per heavy atom. The molecule has 0 radical (unpaired) electrons. The number of hydrazone groups is 1. The summed E-state index contributed by atoms with van der Waals surface area (Å²) in [5.41, 5.74) is 2.46. The van der Waals surface area contributed by atoms with Crippen molar-refractivity contribution < 1.29 is 23.7 Å². The maximum absolute atomic E-state index is 12.1. The van der Waals surface area contributed by atoms with Gasteiger partial charge in [0.25, 0.3) is 11.6 Å². The number of ether oxygens (including phenoxy) is 1. The lowest BCUT2D eigenvalue weighted by Gasteiger charge is -2.02. The van der Waals surface area contributed by atoms with E-state index in [2.05, 4.69) is 10.5 Å². The van der Waals surface area contributed by atoms with Gasteiger partial charge in [0.15, 0.2) is 0 Å². The summed E-state index contributed by atoms with van der Waals surface area (Å²) < 4.78 is 10.2. The van der Waals surface area contributed by atoms with E-state index in [4.69, 9.17) is 9.15 Å². The highest BCUT2D eigenvalue weighted by Crippen LogP contribution is 2.17. The molecule has 9 heteroatoms. The summed E-state index contributed by atoms with van der Waals surface area (Å²) in [6.07, 6.45) is 5.58. The van der Waals surface area contributed by atoms with E-state index in [1.807, 2.05) is 0 Å². The highest BCUT2D eigenvalue weighted by atomic mass is 16.6. The first-order valence-corrected chi connectivity index (χ1v) is 8.63. The summed E-state index contributed by atoms with van der Waals surface area (Å²) in [5.74, 6) is -0.413. The number of rotatable bonds is 7. The number of furan rings is 1. The van der Waals surface area contributed by atoms with E-state index in [1.54, 1.807) is 36.4 Å². The molecule has 0 saturated carbocycles.